The van der Waals surface area contributed by atoms with Crippen molar-refractivity contribution in [2.45, 2.75) is 25.9 Å². The molecule has 0 unspecified atom stereocenters. The maximum absolute atomic E-state index is 9.52. The molecule has 1 aliphatic rings. The van der Waals surface area contributed by atoms with Crippen LogP contribution in [0.2, 0.25) is 0 Å². The van der Waals surface area contributed by atoms with Crippen molar-refractivity contribution in [2.24, 2.45) is 17.0 Å². The predicted octanol–water partition coefficient (Wildman–Crippen LogP) is 4.17. The zero-order valence-corrected chi connectivity index (χ0v) is 13.0. The van der Waals surface area contributed by atoms with E-state index in [1.54, 1.807) is 0 Å². The minimum Gasteiger partial charge on any atom is -0.411 e. The fourth-order valence-corrected chi connectivity index (χ4v) is 3.51. The average Bonchev–Trinajstić information content (AvgIpc) is 2.57. The molecule has 0 bridgehead atoms. The molecule has 0 spiro atoms. The Kier molecular flexibility index (Phi) is 4.25. The first kappa shape index (κ1) is 14.8. The van der Waals surface area contributed by atoms with E-state index in [4.69, 9.17) is 0 Å². The highest BCUT2D eigenvalue weighted by atomic mass is 16.4. The van der Waals surface area contributed by atoms with Crippen LogP contribution in [0.4, 0.5) is 0 Å². The van der Waals surface area contributed by atoms with E-state index in [0.717, 1.165) is 5.71 Å². The zero-order valence-electron chi connectivity index (χ0n) is 13.0. The second-order valence-corrected chi connectivity index (χ2v) is 6.05. The van der Waals surface area contributed by atoms with Crippen LogP contribution in [0.25, 0.3) is 0 Å². The summed E-state index contributed by atoms with van der Waals surface area (Å²) in [4.78, 5) is 0. The summed E-state index contributed by atoms with van der Waals surface area (Å²) in [5.74, 6) is 0.310. The van der Waals surface area contributed by atoms with Gasteiger partial charge in [-0.2, -0.15) is 0 Å². The number of nitrogens with one attached hydrogen (secondary N) is 1. The third-order valence-electron chi connectivity index (χ3n) is 4.73. The van der Waals surface area contributed by atoms with Gasteiger partial charge in [0.15, 0.2) is 0 Å². The van der Waals surface area contributed by atoms with Crippen molar-refractivity contribution in [3.8, 4) is 0 Å². The Bertz CT molecular complexity index is 585. The predicted molar refractivity (Wildman–Crippen MR) is 89.1 cm³/mol. The molecule has 2 aromatic carbocycles. The van der Waals surface area contributed by atoms with Gasteiger partial charge in [-0.05, 0) is 11.1 Å². The van der Waals surface area contributed by atoms with E-state index in [0.29, 0.717) is 0 Å². The topological polar surface area (TPSA) is 44.6 Å². The van der Waals surface area contributed by atoms with Crippen LogP contribution in [0.5, 0.6) is 0 Å². The van der Waals surface area contributed by atoms with E-state index >= 15 is 0 Å². The normalized spacial score (nSPS) is 30.4. The third-order valence-corrected chi connectivity index (χ3v) is 4.73. The molecular formula is C19H22N2O. The molecule has 3 nitrogen and oxygen atoms in total. The highest BCUT2D eigenvalue weighted by Gasteiger charge is 2.38. The summed E-state index contributed by atoms with van der Waals surface area (Å²) < 4.78 is 0. The SMILES string of the molecule is C[C@@H]1C(=NO)[C@@H](C)[C@H](c2ccccc2)N[C@@H]1c1ccccc1. The lowest BCUT2D eigenvalue weighted by atomic mass is 9.75. The Labute approximate surface area is 131 Å². The van der Waals surface area contributed by atoms with Crippen LogP contribution in [0, 0.1) is 11.8 Å². The van der Waals surface area contributed by atoms with Gasteiger partial charge in [0, 0.05) is 23.9 Å². The first-order valence-corrected chi connectivity index (χ1v) is 7.80. The fourth-order valence-electron chi connectivity index (χ4n) is 3.51. The second kappa shape index (κ2) is 6.32. The summed E-state index contributed by atoms with van der Waals surface area (Å²) in [6.45, 7) is 4.24. The maximum atomic E-state index is 9.52. The molecule has 0 aromatic heterocycles. The summed E-state index contributed by atoms with van der Waals surface area (Å²) in [6, 6.07) is 21.0. The molecule has 3 rings (SSSR count). The van der Waals surface area contributed by atoms with Crippen molar-refractivity contribution < 1.29 is 5.21 Å². The first-order valence-electron chi connectivity index (χ1n) is 7.80. The largest absolute Gasteiger partial charge is 0.411 e. The molecule has 4 atom stereocenters. The van der Waals surface area contributed by atoms with Crippen LogP contribution >= 0.6 is 0 Å². The molecule has 114 valence electrons. The average molecular weight is 294 g/mol. The molecule has 2 N–H and O–H groups in total. The van der Waals surface area contributed by atoms with Crippen LogP contribution in [0.3, 0.4) is 0 Å². The van der Waals surface area contributed by atoms with Gasteiger partial charge in [0.05, 0.1) is 5.71 Å². The quantitative estimate of drug-likeness (QED) is 0.645. The Morgan fingerprint density at radius 2 is 1.18 bits per heavy atom. The second-order valence-electron chi connectivity index (χ2n) is 6.05. The van der Waals surface area contributed by atoms with Gasteiger partial charge < -0.3 is 10.5 Å². The van der Waals surface area contributed by atoms with Gasteiger partial charge in [0.25, 0.3) is 0 Å². The van der Waals surface area contributed by atoms with Crippen LogP contribution < -0.4 is 5.32 Å². The summed E-state index contributed by atoms with van der Waals surface area (Å²) in [5, 5.41) is 16.9. The highest BCUT2D eigenvalue weighted by molar-refractivity contribution is 5.90. The minimum absolute atomic E-state index is 0.147. The van der Waals surface area contributed by atoms with Crippen molar-refractivity contribution in [3.05, 3.63) is 71.8 Å². The van der Waals surface area contributed by atoms with Gasteiger partial charge in [-0.3, -0.25) is 0 Å². The molecule has 0 saturated carbocycles. The Morgan fingerprint density at radius 1 is 0.773 bits per heavy atom. The lowest BCUT2D eigenvalue weighted by Crippen LogP contribution is -2.46. The number of piperidine rings is 1. The summed E-state index contributed by atoms with van der Waals surface area (Å²) >= 11 is 0. The number of hydrogen-bond acceptors (Lipinski definition) is 3. The van der Waals surface area contributed by atoms with Gasteiger partial charge in [-0.25, -0.2) is 0 Å². The van der Waals surface area contributed by atoms with Gasteiger partial charge in [0.2, 0.25) is 0 Å². The van der Waals surface area contributed by atoms with Crippen LogP contribution in [-0.4, -0.2) is 10.9 Å². The lowest BCUT2D eigenvalue weighted by Gasteiger charge is -2.41. The highest BCUT2D eigenvalue weighted by Crippen LogP contribution is 2.38. The lowest BCUT2D eigenvalue weighted by molar-refractivity contribution is 0.271. The molecule has 3 heteroatoms. The molecule has 0 aliphatic carbocycles. The van der Waals surface area contributed by atoms with E-state index in [1.807, 2.05) is 12.1 Å². The number of nitrogens with zero attached hydrogens (tertiary/aromatic N) is 1. The third kappa shape index (κ3) is 2.64. The summed E-state index contributed by atoms with van der Waals surface area (Å²) in [6.07, 6.45) is 0. The summed E-state index contributed by atoms with van der Waals surface area (Å²) in [7, 11) is 0. The number of rotatable bonds is 2. The number of benzene rings is 2. The van der Waals surface area contributed by atoms with Crippen molar-refractivity contribution in [2.75, 3.05) is 0 Å². The van der Waals surface area contributed by atoms with E-state index in [-0.39, 0.29) is 23.9 Å². The van der Waals surface area contributed by atoms with Crippen molar-refractivity contribution in [1.82, 2.24) is 5.32 Å². The Balaban J connectivity index is 1.99. The first-order chi connectivity index (χ1) is 10.7. The van der Waals surface area contributed by atoms with Crippen LogP contribution in [0.1, 0.15) is 37.1 Å². The van der Waals surface area contributed by atoms with Crippen molar-refractivity contribution in [3.63, 3.8) is 0 Å². The monoisotopic (exact) mass is 294 g/mol. The van der Waals surface area contributed by atoms with Gasteiger partial charge in [0.1, 0.15) is 0 Å². The maximum Gasteiger partial charge on any atom is 0.0664 e. The van der Waals surface area contributed by atoms with Gasteiger partial charge in [-0.15, -0.1) is 0 Å². The minimum atomic E-state index is 0.147. The Hall–Kier alpha value is -2.13. The smallest absolute Gasteiger partial charge is 0.0664 e. The van der Waals surface area contributed by atoms with Crippen LogP contribution in [0.15, 0.2) is 65.8 Å². The zero-order chi connectivity index (χ0) is 15.5. The van der Waals surface area contributed by atoms with E-state index in [2.05, 4.69) is 72.9 Å². The molecule has 22 heavy (non-hydrogen) atoms. The van der Waals surface area contributed by atoms with Gasteiger partial charge >= 0.3 is 0 Å². The fraction of sp³-hybridized carbons (Fsp3) is 0.316. The molecular weight excluding hydrogens is 272 g/mol. The molecule has 1 aliphatic heterocycles. The van der Waals surface area contributed by atoms with Crippen molar-refractivity contribution >= 4 is 5.71 Å². The Morgan fingerprint density at radius 3 is 1.55 bits per heavy atom. The molecule has 0 radical (unpaired) electrons. The van der Waals surface area contributed by atoms with E-state index < -0.39 is 0 Å². The number of oxime groups is 1. The van der Waals surface area contributed by atoms with Crippen molar-refractivity contribution in [1.29, 1.82) is 0 Å². The standard InChI is InChI=1S/C19H22N2O/c1-13-17(21-22)14(2)19(16-11-7-4-8-12-16)20-18(13)15-9-5-3-6-10-15/h3-14,18-20,22H,1-2H3/t13-,14-,18-,19+/m1/s1. The molecule has 1 heterocycles. The van der Waals surface area contributed by atoms with Gasteiger partial charge in [-0.1, -0.05) is 79.7 Å². The van der Waals surface area contributed by atoms with E-state index in [9.17, 15) is 5.21 Å². The molecule has 1 saturated heterocycles. The molecule has 0 amide bonds. The molecule has 2 aromatic rings. The van der Waals surface area contributed by atoms with Crippen LogP contribution in [-0.2, 0) is 0 Å². The summed E-state index contributed by atoms with van der Waals surface area (Å²) in [5.41, 5.74) is 3.31. The number of hydrogen-bond donors (Lipinski definition) is 2. The molecule has 1 fully saturated rings. The van der Waals surface area contributed by atoms with E-state index in [1.165, 1.54) is 11.1 Å².